The standard InChI is InChI=1S/C14H23N3O/c1-9-4-5-10(2)17(8-9)11(3)14-15-13(16-18-14)12-6-7-12/h9-12H,4-8H2,1-3H3/t9-,10-,11?/m1/s1. The molecule has 1 aliphatic heterocycles. The van der Waals surface area contributed by atoms with Crippen LogP contribution in [0.1, 0.15) is 70.1 Å². The number of piperidine rings is 1. The van der Waals surface area contributed by atoms with Crippen LogP contribution < -0.4 is 0 Å². The second kappa shape index (κ2) is 4.65. The molecule has 1 aliphatic carbocycles. The summed E-state index contributed by atoms with van der Waals surface area (Å²) in [6.07, 6.45) is 5.06. The molecule has 1 saturated carbocycles. The Kier molecular flexibility index (Phi) is 3.14. The van der Waals surface area contributed by atoms with E-state index in [-0.39, 0.29) is 6.04 Å². The highest BCUT2D eigenvalue weighted by molar-refractivity contribution is 5.05. The van der Waals surface area contributed by atoms with Crippen LogP contribution in [0.4, 0.5) is 0 Å². The van der Waals surface area contributed by atoms with Crippen molar-refractivity contribution in [3.63, 3.8) is 0 Å². The van der Waals surface area contributed by atoms with Crippen LogP contribution >= 0.6 is 0 Å². The molecule has 2 aliphatic rings. The molecule has 2 fully saturated rings. The largest absolute Gasteiger partial charge is 0.338 e. The molecule has 1 unspecified atom stereocenters. The highest BCUT2D eigenvalue weighted by atomic mass is 16.5. The highest BCUT2D eigenvalue weighted by Crippen LogP contribution is 2.39. The van der Waals surface area contributed by atoms with Crippen molar-refractivity contribution in [3.8, 4) is 0 Å². The molecule has 100 valence electrons. The first-order valence-corrected chi connectivity index (χ1v) is 7.24. The Hall–Kier alpha value is -0.900. The second-order valence-electron chi connectivity index (χ2n) is 6.17. The molecule has 0 bridgehead atoms. The van der Waals surface area contributed by atoms with Crippen molar-refractivity contribution in [1.29, 1.82) is 0 Å². The molecule has 1 aromatic rings. The third-order valence-electron chi connectivity index (χ3n) is 4.42. The van der Waals surface area contributed by atoms with Gasteiger partial charge in [-0.1, -0.05) is 12.1 Å². The maximum atomic E-state index is 5.46. The Bertz CT molecular complexity index is 413. The van der Waals surface area contributed by atoms with Crippen molar-refractivity contribution in [2.75, 3.05) is 6.54 Å². The molecule has 3 atom stereocenters. The average molecular weight is 249 g/mol. The first-order valence-electron chi connectivity index (χ1n) is 7.24. The summed E-state index contributed by atoms with van der Waals surface area (Å²) in [6.45, 7) is 7.97. The van der Waals surface area contributed by atoms with E-state index in [0.29, 0.717) is 12.0 Å². The van der Waals surface area contributed by atoms with Crippen molar-refractivity contribution in [2.24, 2.45) is 5.92 Å². The number of hydrogen-bond acceptors (Lipinski definition) is 4. The topological polar surface area (TPSA) is 42.2 Å². The van der Waals surface area contributed by atoms with E-state index in [1.165, 1.54) is 25.7 Å². The number of likely N-dealkylation sites (tertiary alicyclic amines) is 1. The summed E-state index contributed by atoms with van der Waals surface area (Å²) >= 11 is 0. The molecule has 1 saturated heterocycles. The molecular formula is C14H23N3O. The predicted octanol–water partition coefficient (Wildman–Crippen LogP) is 3.13. The molecule has 0 aromatic carbocycles. The molecule has 0 N–H and O–H groups in total. The summed E-state index contributed by atoms with van der Waals surface area (Å²) in [4.78, 5) is 7.10. The van der Waals surface area contributed by atoms with Gasteiger partial charge in [-0.2, -0.15) is 4.98 Å². The number of aromatic nitrogens is 2. The lowest BCUT2D eigenvalue weighted by Crippen LogP contribution is -2.42. The predicted molar refractivity (Wildman–Crippen MR) is 69.3 cm³/mol. The SMILES string of the molecule is CC(c1nc(C2CC2)no1)N1C[C@H](C)CC[C@H]1C. The van der Waals surface area contributed by atoms with Gasteiger partial charge in [0.05, 0.1) is 6.04 Å². The van der Waals surface area contributed by atoms with Crippen molar-refractivity contribution >= 4 is 0 Å². The van der Waals surface area contributed by atoms with E-state index in [1.54, 1.807) is 0 Å². The van der Waals surface area contributed by atoms with E-state index < -0.39 is 0 Å². The minimum Gasteiger partial charge on any atom is -0.338 e. The van der Waals surface area contributed by atoms with Gasteiger partial charge in [-0.3, -0.25) is 4.90 Å². The monoisotopic (exact) mass is 249 g/mol. The summed E-state index contributed by atoms with van der Waals surface area (Å²) in [5.41, 5.74) is 0. The first-order chi connectivity index (χ1) is 8.65. The van der Waals surface area contributed by atoms with Gasteiger partial charge in [0.25, 0.3) is 0 Å². The molecule has 2 heterocycles. The number of hydrogen-bond donors (Lipinski definition) is 0. The third-order valence-corrected chi connectivity index (χ3v) is 4.42. The van der Waals surface area contributed by atoms with Gasteiger partial charge in [0.15, 0.2) is 5.82 Å². The second-order valence-corrected chi connectivity index (χ2v) is 6.17. The van der Waals surface area contributed by atoms with Crippen LogP contribution in [-0.2, 0) is 0 Å². The van der Waals surface area contributed by atoms with Gasteiger partial charge in [-0.25, -0.2) is 0 Å². The van der Waals surface area contributed by atoms with Crippen molar-refractivity contribution < 1.29 is 4.52 Å². The van der Waals surface area contributed by atoms with Gasteiger partial charge in [-0.15, -0.1) is 0 Å². The van der Waals surface area contributed by atoms with Crippen LogP contribution in [0.3, 0.4) is 0 Å². The lowest BCUT2D eigenvalue weighted by atomic mass is 9.93. The van der Waals surface area contributed by atoms with Crippen LogP contribution in [0.5, 0.6) is 0 Å². The Morgan fingerprint density at radius 1 is 1.22 bits per heavy atom. The Morgan fingerprint density at radius 3 is 2.72 bits per heavy atom. The maximum absolute atomic E-state index is 5.46. The lowest BCUT2D eigenvalue weighted by Gasteiger charge is -2.39. The quantitative estimate of drug-likeness (QED) is 0.825. The van der Waals surface area contributed by atoms with E-state index in [0.717, 1.165) is 24.2 Å². The summed E-state index contributed by atoms with van der Waals surface area (Å²) in [6, 6.07) is 0.871. The molecule has 0 spiro atoms. The molecule has 0 radical (unpaired) electrons. The van der Waals surface area contributed by atoms with Crippen LogP contribution in [0.25, 0.3) is 0 Å². The Balaban J connectivity index is 1.73. The molecule has 18 heavy (non-hydrogen) atoms. The third kappa shape index (κ3) is 2.30. The van der Waals surface area contributed by atoms with E-state index in [2.05, 4.69) is 35.8 Å². The zero-order valence-corrected chi connectivity index (χ0v) is 11.6. The van der Waals surface area contributed by atoms with E-state index in [4.69, 9.17) is 4.52 Å². The van der Waals surface area contributed by atoms with Crippen molar-refractivity contribution in [1.82, 2.24) is 15.0 Å². The van der Waals surface area contributed by atoms with E-state index in [1.807, 2.05) is 0 Å². The van der Waals surface area contributed by atoms with E-state index >= 15 is 0 Å². The number of rotatable bonds is 3. The molecule has 0 amide bonds. The first kappa shape index (κ1) is 12.2. The molecule has 3 rings (SSSR count). The van der Waals surface area contributed by atoms with Crippen LogP contribution in [-0.4, -0.2) is 27.6 Å². The fourth-order valence-electron chi connectivity index (χ4n) is 2.93. The molecular weight excluding hydrogens is 226 g/mol. The number of nitrogens with zero attached hydrogens (tertiary/aromatic N) is 3. The fourth-order valence-corrected chi connectivity index (χ4v) is 2.93. The minimum absolute atomic E-state index is 0.253. The molecule has 4 heteroatoms. The summed E-state index contributed by atoms with van der Waals surface area (Å²) in [5.74, 6) is 3.08. The average Bonchev–Trinajstić information content (AvgIpc) is 3.09. The smallest absolute Gasteiger partial charge is 0.243 e. The van der Waals surface area contributed by atoms with Gasteiger partial charge in [0, 0.05) is 18.5 Å². The zero-order chi connectivity index (χ0) is 12.7. The van der Waals surface area contributed by atoms with Crippen LogP contribution in [0.2, 0.25) is 0 Å². The Morgan fingerprint density at radius 2 is 2.00 bits per heavy atom. The summed E-state index contributed by atoms with van der Waals surface area (Å²) < 4.78 is 5.46. The van der Waals surface area contributed by atoms with Gasteiger partial charge in [-0.05, 0) is 45.4 Å². The normalized spacial score (nSPS) is 31.5. The lowest BCUT2D eigenvalue weighted by molar-refractivity contribution is 0.0685. The van der Waals surface area contributed by atoms with Gasteiger partial charge in [0.1, 0.15) is 0 Å². The zero-order valence-electron chi connectivity index (χ0n) is 11.6. The Labute approximate surface area is 109 Å². The van der Waals surface area contributed by atoms with Crippen LogP contribution in [0.15, 0.2) is 4.52 Å². The van der Waals surface area contributed by atoms with Crippen molar-refractivity contribution in [3.05, 3.63) is 11.7 Å². The van der Waals surface area contributed by atoms with Gasteiger partial charge in [0.2, 0.25) is 5.89 Å². The highest BCUT2D eigenvalue weighted by Gasteiger charge is 2.33. The van der Waals surface area contributed by atoms with Gasteiger partial charge < -0.3 is 4.52 Å². The van der Waals surface area contributed by atoms with Crippen molar-refractivity contribution in [2.45, 2.75) is 64.5 Å². The maximum Gasteiger partial charge on any atom is 0.243 e. The summed E-state index contributed by atoms with van der Waals surface area (Å²) in [5, 5.41) is 4.13. The van der Waals surface area contributed by atoms with Gasteiger partial charge >= 0.3 is 0 Å². The van der Waals surface area contributed by atoms with Crippen LogP contribution in [0, 0.1) is 5.92 Å². The minimum atomic E-state index is 0.253. The molecule has 1 aromatic heterocycles. The summed E-state index contributed by atoms with van der Waals surface area (Å²) in [7, 11) is 0. The van der Waals surface area contributed by atoms with E-state index in [9.17, 15) is 0 Å². The molecule has 4 nitrogen and oxygen atoms in total. The fraction of sp³-hybridized carbons (Fsp3) is 0.857.